The van der Waals surface area contributed by atoms with E-state index in [1.165, 1.54) is 0 Å². The van der Waals surface area contributed by atoms with Crippen molar-refractivity contribution < 1.29 is 24.1 Å². The SMILES string of the molecule is COc1ccc(CCNCC(O)c2ccc3c(c2)OCO3)cc1OC. The summed E-state index contributed by atoms with van der Waals surface area (Å²) in [6.45, 7) is 1.45. The maximum atomic E-state index is 10.3. The van der Waals surface area contributed by atoms with E-state index >= 15 is 0 Å². The van der Waals surface area contributed by atoms with E-state index in [9.17, 15) is 5.11 Å². The molecule has 134 valence electrons. The zero-order chi connectivity index (χ0) is 17.6. The summed E-state index contributed by atoms with van der Waals surface area (Å²) in [5.74, 6) is 2.84. The fraction of sp³-hybridized carbons (Fsp3) is 0.368. The zero-order valence-electron chi connectivity index (χ0n) is 14.5. The highest BCUT2D eigenvalue weighted by atomic mass is 16.7. The lowest BCUT2D eigenvalue weighted by atomic mass is 10.1. The third-order valence-electron chi connectivity index (χ3n) is 4.16. The monoisotopic (exact) mass is 345 g/mol. The molecule has 0 aliphatic carbocycles. The van der Waals surface area contributed by atoms with Crippen LogP contribution < -0.4 is 24.3 Å². The van der Waals surface area contributed by atoms with E-state index in [4.69, 9.17) is 18.9 Å². The first kappa shape index (κ1) is 17.4. The molecule has 1 unspecified atom stereocenters. The predicted molar refractivity (Wildman–Crippen MR) is 93.6 cm³/mol. The number of methoxy groups -OCH3 is 2. The van der Waals surface area contributed by atoms with Crippen LogP contribution >= 0.6 is 0 Å². The summed E-state index contributed by atoms with van der Waals surface area (Å²) < 4.78 is 21.2. The van der Waals surface area contributed by atoms with Crippen LogP contribution in [0.15, 0.2) is 36.4 Å². The molecule has 1 aliphatic rings. The first-order valence-electron chi connectivity index (χ1n) is 8.20. The minimum atomic E-state index is -0.597. The Morgan fingerprint density at radius 2 is 1.84 bits per heavy atom. The molecule has 6 nitrogen and oxygen atoms in total. The van der Waals surface area contributed by atoms with Gasteiger partial charge in [-0.3, -0.25) is 0 Å². The highest BCUT2D eigenvalue weighted by Gasteiger charge is 2.16. The Morgan fingerprint density at radius 1 is 1.04 bits per heavy atom. The Bertz CT molecular complexity index is 719. The number of hydrogen-bond acceptors (Lipinski definition) is 6. The van der Waals surface area contributed by atoms with Gasteiger partial charge in [-0.05, 0) is 48.4 Å². The van der Waals surface area contributed by atoms with E-state index in [1.807, 2.05) is 36.4 Å². The van der Waals surface area contributed by atoms with Gasteiger partial charge in [0.25, 0.3) is 0 Å². The standard InChI is InChI=1S/C19H23NO5/c1-22-16-5-3-13(9-18(16)23-2)7-8-20-11-15(21)14-4-6-17-19(10-14)25-12-24-17/h3-6,9-10,15,20-21H,7-8,11-12H2,1-2H3. The van der Waals surface area contributed by atoms with Crippen molar-refractivity contribution in [3.63, 3.8) is 0 Å². The van der Waals surface area contributed by atoms with Gasteiger partial charge in [0.15, 0.2) is 23.0 Å². The van der Waals surface area contributed by atoms with Gasteiger partial charge in [-0.25, -0.2) is 0 Å². The predicted octanol–water partition coefficient (Wildman–Crippen LogP) is 2.30. The molecule has 1 atom stereocenters. The van der Waals surface area contributed by atoms with Crippen LogP contribution in [0.25, 0.3) is 0 Å². The number of nitrogens with one attached hydrogen (secondary N) is 1. The second kappa shape index (κ2) is 8.09. The van der Waals surface area contributed by atoms with Crippen molar-refractivity contribution in [2.24, 2.45) is 0 Å². The molecule has 0 radical (unpaired) electrons. The van der Waals surface area contributed by atoms with Gasteiger partial charge < -0.3 is 29.4 Å². The Hall–Kier alpha value is -2.44. The summed E-state index contributed by atoms with van der Waals surface area (Å²) in [4.78, 5) is 0. The van der Waals surface area contributed by atoms with E-state index in [0.717, 1.165) is 41.3 Å². The van der Waals surface area contributed by atoms with Crippen LogP contribution in [0.4, 0.5) is 0 Å². The topological polar surface area (TPSA) is 69.2 Å². The number of aliphatic hydroxyl groups excluding tert-OH is 1. The molecule has 25 heavy (non-hydrogen) atoms. The number of benzene rings is 2. The van der Waals surface area contributed by atoms with Crippen molar-refractivity contribution in [1.82, 2.24) is 5.32 Å². The molecule has 3 rings (SSSR count). The Kier molecular flexibility index (Phi) is 5.63. The summed E-state index contributed by atoms with van der Waals surface area (Å²) in [6, 6.07) is 11.4. The summed E-state index contributed by atoms with van der Waals surface area (Å²) in [6.07, 6.45) is 0.230. The Morgan fingerprint density at radius 3 is 2.64 bits per heavy atom. The lowest BCUT2D eigenvalue weighted by Crippen LogP contribution is -2.23. The van der Waals surface area contributed by atoms with E-state index in [0.29, 0.717) is 12.3 Å². The molecule has 0 saturated heterocycles. The van der Waals surface area contributed by atoms with Crippen LogP contribution in [-0.4, -0.2) is 39.2 Å². The number of fused-ring (bicyclic) bond motifs is 1. The van der Waals surface area contributed by atoms with Gasteiger partial charge >= 0.3 is 0 Å². The second-order valence-corrected chi connectivity index (χ2v) is 5.77. The van der Waals surface area contributed by atoms with Crippen LogP contribution in [0.3, 0.4) is 0 Å². The van der Waals surface area contributed by atoms with E-state index in [2.05, 4.69) is 5.32 Å². The van der Waals surface area contributed by atoms with Crippen molar-refractivity contribution in [2.75, 3.05) is 34.1 Å². The minimum absolute atomic E-state index is 0.235. The lowest BCUT2D eigenvalue weighted by molar-refractivity contribution is 0.170. The van der Waals surface area contributed by atoms with Crippen LogP contribution in [-0.2, 0) is 6.42 Å². The van der Waals surface area contributed by atoms with Crippen molar-refractivity contribution in [2.45, 2.75) is 12.5 Å². The van der Waals surface area contributed by atoms with Crippen LogP contribution in [0.2, 0.25) is 0 Å². The molecule has 0 aromatic heterocycles. The minimum Gasteiger partial charge on any atom is -0.493 e. The highest BCUT2D eigenvalue weighted by molar-refractivity contribution is 5.45. The maximum Gasteiger partial charge on any atom is 0.231 e. The van der Waals surface area contributed by atoms with Crippen LogP contribution in [0.1, 0.15) is 17.2 Å². The third-order valence-corrected chi connectivity index (χ3v) is 4.16. The lowest BCUT2D eigenvalue weighted by Gasteiger charge is -2.13. The van der Waals surface area contributed by atoms with Crippen molar-refractivity contribution in [3.05, 3.63) is 47.5 Å². The molecule has 2 aromatic rings. The molecule has 0 bridgehead atoms. The molecule has 0 spiro atoms. The molecule has 1 aliphatic heterocycles. The molecule has 0 saturated carbocycles. The fourth-order valence-corrected chi connectivity index (χ4v) is 2.75. The normalized spacial score (nSPS) is 13.6. The largest absolute Gasteiger partial charge is 0.493 e. The quantitative estimate of drug-likeness (QED) is 0.716. The van der Waals surface area contributed by atoms with Gasteiger partial charge in [0.05, 0.1) is 20.3 Å². The number of ether oxygens (including phenoxy) is 4. The van der Waals surface area contributed by atoms with Crippen molar-refractivity contribution >= 4 is 0 Å². The fourth-order valence-electron chi connectivity index (χ4n) is 2.75. The first-order valence-corrected chi connectivity index (χ1v) is 8.20. The number of rotatable bonds is 8. The number of aliphatic hydroxyl groups is 1. The summed E-state index contributed by atoms with van der Waals surface area (Å²) in [7, 11) is 3.25. The molecule has 6 heteroatoms. The van der Waals surface area contributed by atoms with E-state index in [-0.39, 0.29) is 6.79 Å². The van der Waals surface area contributed by atoms with Gasteiger partial charge in [0.2, 0.25) is 6.79 Å². The molecule has 0 amide bonds. The van der Waals surface area contributed by atoms with Crippen molar-refractivity contribution in [3.8, 4) is 23.0 Å². The van der Waals surface area contributed by atoms with Gasteiger partial charge in [-0.2, -0.15) is 0 Å². The van der Waals surface area contributed by atoms with Gasteiger partial charge in [-0.15, -0.1) is 0 Å². The number of hydrogen-bond donors (Lipinski definition) is 2. The maximum absolute atomic E-state index is 10.3. The van der Waals surface area contributed by atoms with Crippen molar-refractivity contribution in [1.29, 1.82) is 0 Å². The smallest absolute Gasteiger partial charge is 0.231 e. The second-order valence-electron chi connectivity index (χ2n) is 5.77. The van der Waals surface area contributed by atoms with Crippen LogP contribution in [0.5, 0.6) is 23.0 Å². The van der Waals surface area contributed by atoms with Gasteiger partial charge in [0.1, 0.15) is 0 Å². The van der Waals surface area contributed by atoms with Crippen LogP contribution in [0, 0.1) is 0 Å². The summed E-state index contributed by atoms with van der Waals surface area (Å²) in [5, 5.41) is 13.6. The summed E-state index contributed by atoms with van der Waals surface area (Å²) >= 11 is 0. The zero-order valence-corrected chi connectivity index (χ0v) is 14.5. The Labute approximate surface area is 147 Å². The molecular weight excluding hydrogens is 322 g/mol. The Balaban J connectivity index is 1.48. The van der Waals surface area contributed by atoms with Gasteiger partial charge in [0, 0.05) is 6.54 Å². The third kappa shape index (κ3) is 4.15. The highest BCUT2D eigenvalue weighted by Crippen LogP contribution is 2.34. The summed E-state index contributed by atoms with van der Waals surface area (Å²) in [5.41, 5.74) is 1.95. The molecule has 2 aromatic carbocycles. The van der Waals surface area contributed by atoms with E-state index in [1.54, 1.807) is 14.2 Å². The first-order chi connectivity index (χ1) is 12.2. The molecule has 0 fully saturated rings. The molecule has 1 heterocycles. The van der Waals surface area contributed by atoms with E-state index < -0.39 is 6.10 Å². The average molecular weight is 345 g/mol. The average Bonchev–Trinajstić information content (AvgIpc) is 3.12. The molecular formula is C19H23NO5. The van der Waals surface area contributed by atoms with Gasteiger partial charge in [-0.1, -0.05) is 12.1 Å². The molecule has 2 N–H and O–H groups in total.